The molecule has 1 amide bonds. The predicted octanol–water partition coefficient (Wildman–Crippen LogP) is 3.58. The van der Waals surface area contributed by atoms with E-state index in [-0.39, 0.29) is 12.1 Å². The van der Waals surface area contributed by atoms with Gasteiger partial charge in [0.1, 0.15) is 0 Å². The lowest BCUT2D eigenvalue weighted by Gasteiger charge is -2.06. The fraction of sp³-hybridized carbons (Fsp3) is 0.200. The first-order chi connectivity index (χ1) is 13.5. The van der Waals surface area contributed by atoms with Crippen molar-refractivity contribution < 1.29 is 19.2 Å². The molecule has 0 bridgehead atoms. The maximum absolute atomic E-state index is 11.8. The van der Waals surface area contributed by atoms with Crippen LogP contribution < -0.4 is 5.32 Å². The van der Waals surface area contributed by atoms with Gasteiger partial charge >= 0.3 is 5.97 Å². The number of carbonyl (C=O) groups excluding carboxylic acids is 2. The summed E-state index contributed by atoms with van der Waals surface area (Å²) in [7, 11) is 0. The zero-order valence-electron chi connectivity index (χ0n) is 15.0. The van der Waals surface area contributed by atoms with E-state index < -0.39 is 23.4 Å². The Morgan fingerprint density at radius 1 is 1.11 bits per heavy atom. The fourth-order valence-corrected chi connectivity index (χ4v) is 2.84. The highest BCUT2D eigenvalue weighted by Gasteiger charge is 2.10. The summed E-state index contributed by atoms with van der Waals surface area (Å²) in [5, 5.41) is 14.3. The maximum Gasteiger partial charge on any atom is 0.306 e. The third kappa shape index (κ3) is 4.94. The monoisotopic (exact) mass is 381 g/mol. The molecule has 0 radical (unpaired) electrons. The van der Waals surface area contributed by atoms with Crippen LogP contribution in [0.3, 0.4) is 0 Å². The number of aromatic nitrogens is 1. The van der Waals surface area contributed by atoms with Crippen molar-refractivity contribution in [1.82, 2.24) is 4.98 Å². The van der Waals surface area contributed by atoms with Crippen molar-refractivity contribution in [3.8, 4) is 0 Å². The quantitative estimate of drug-likeness (QED) is 0.352. The van der Waals surface area contributed by atoms with Crippen LogP contribution in [0.2, 0.25) is 0 Å². The van der Waals surface area contributed by atoms with Crippen LogP contribution in [0.5, 0.6) is 0 Å². The van der Waals surface area contributed by atoms with Gasteiger partial charge < -0.3 is 15.0 Å². The second-order valence-electron chi connectivity index (χ2n) is 6.23. The number of fused-ring (bicyclic) bond motifs is 1. The number of nitrogens with one attached hydrogen (secondary N) is 2. The van der Waals surface area contributed by atoms with E-state index in [0.29, 0.717) is 12.1 Å². The van der Waals surface area contributed by atoms with Crippen molar-refractivity contribution >= 4 is 34.2 Å². The van der Waals surface area contributed by atoms with Crippen molar-refractivity contribution in [2.45, 2.75) is 19.3 Å². The molecule has 0 saturated heterocycles. The molecule has 0 unspecified atom stereocenters. The Morgan fingerprint density at radius 3 is 2.61 bits per heavy atom. The molecule has 0 fully saturated rings. The average Bonchev–Trinajstić information content (AvgIpc) is 3.10. The average molecular weight is 381 g/mol. The molecule has 28 heavy (non-hydrogen) atoms. The molecule has 0 atom stereocenters. The number of anilines is 1. The van der Waals surface area contributed by atoms with Gasteiger partial charge in [-0.25, -0.2) is 0 Å². The van der Waals surface area contributed by atoms with E-state index in [1.165, 1.54) is 24.3 Å². The molecular formula is C20H19N3O5. The van der Waals surface area contributed by atoms with Crippen LogP contribution in [0.1, 0.15) is 18.4 Å². The number of nitro groups is 1. The summed E-state index contributed by atoms with van der Waals surface area (Å²) < 4.78 is 4.98. The number of para-hydroxylation sites is 1. The number of ether oxygens (including phenoxy) is 1. The van der Waals surface area contributed by atoms with E-state index in [0.717, 1.165) is 22.9 Å². The van der Waals surface area contributed by atoms with Crippen LogP contribution in [0.4, 0.5) is 11.4 Å². The molecule has 0 aliphatic heterocycles. The van der Waals surface area contributed by atoms with Crippen molar-refractivity contribution in [2.75, 3.05) is 11.9 Å². The minimum Gasteiger partial charge on any atom is -0.456 e. The zero-order valence-corrected chi connectivity index (χ0v) is 15.0. The molecule has 144 valence electrons. The minimum atomic E-state index is -0.524. The van der Waals surface area contributed by atoms with Gasteiger partial charge in [-0.2, -0.15) is 0 Å². The van der Waals surface area contributed by atoms with Crippen LogP contribution in [-0.2, 0) is 20.7 Å². The largest absolute Gasteiger partial charge is 0.456 e. The smallest absolute Gasteiger partial charge is 0.306 e. The minimum absolute atomic E-state index is 0.0698. The summed E-state index contributed by atoms with van der Waals surface area (Å²) in [6.07, 6.45) is 3.50. The Kier molecular flexibility index (Phi) is 6.01. The van der Waals surface area contributed by atoms with Gasteiger partial charge in [-0.3, -0.25) is 19.7 Å². The maximum atomic E-state index is 11.8. The van der Waals surface area contributed by atoms with E-state index in [2.05, 4.69) is 10.3 Å². The molecule has 8 nitrogen and oxygen atoms in total. The van der Waals surface area contributed by atoms with Gasteiger partial charge in [-0.15, -0.1) is 0 Å². The molecule has 3 aromatic rings. The van der Waals surface area contributed by atoms with Crippen molar-refractivity contribution in [3.63, 3.8) is 0 Å². The van der Waals surface area contributed by atoms with Gasteiger partial charge in [0.05, 0.1) is 4.92 Å². The Morgan fingerprint density at radius 2 is 1.86 bits per heavy atom. The fourth-order valence-electron chi connectivity index (χ4n) is 2.84. The normalized spacial score (nSPS) is 10.6. The number of nitrogens with zero attached hydrogens (tertiary/aromatic N) is 1. The van der Waals surface area contributed by atoms with E-state index >= 15 is 0 Å². The predicted molar refractivity (Wildman–Crippen MR) is 104 cm³/mol. The van der Waals surface area contributed by atoms with E-state index in [1.54, 1.807) is 0 Å². The summed E-state index contributed by atoms with van der Waals surface area (Å²) >= 11 is 0. The molecule has 0 saturated carbocycles. The van der Waals surface area contributed by atoms with Crippen LogP contribution in [0.15, 0.2) is 54.7 Å². The number of nitro benzene ring substituents is 1. The zero-order chi connectivity index (χ0) is 19.9. The van der Waals surface area contributed by atoms with Gasteiger partial charge in [0.25, 0.3) is 11.6 Å². The molecule has 1 aromatic heterocycles. The van der Waals surface area contributed by atoms with Crippen LogP contribution >= 0.6 is 0 Å². The topological polar surface area (TPSA) is 114 Å². The van der Waals surface area contributed by atoms with Gasteiger partial charge in [-0.05, 0) is 36.6 Å². The lowest BCUT2D eigenvalue weighted by Crippen LogP contribution is -2.20. The van der Waals surface area contributed by atoms with Crippen LogP contribution in [0, 0.1) is 10.1 Å². The summed E-state index contributed by atoms with van der Waals surface area (Å²) in [4.78, 5) is 36.9. The number of benzene rings is 2. The van der Waals surface area contributed by atoms with Gasteiger partial charge in [0, 0.05) is 41.3 Å². The highest BCUT2D eigenvalue weighted by molar-refractivity contribution is 5.92. The van der Waals surface area contributed by atoms with E-state index in [9.17, 15) is 19.7 Å². The molecular weight excluding hydrogens is 362 g/mol. The number of hydrogen-bond acceptors (Lipinski definition) is 5. The first-order valence-electron chi connectivity index (χ1n) is 8.78. The highest BCUT2D eigenvalue weighted by atomic mass is 16.6. The number of hydrogen-bond donors (Lipinski definition) is 2. The number of aryl methyl sites for hydroxylation is 1. The standard InChI is InChI=1S/C20H19N3O5/c24-19(22-15-8-10-16(11-9-15)23(26)27)13-28-20(25)7-3-4-14-12-21-18-6-2-1-5-17(14)18/h1-2,5-6,8-12,21H,3-4,7,13H2,(H,22,24). The molecule has 8 heteroatoms. The summed E-state index contributed by atoms with van der Waals surface area (Å²) in [5.41, 5.74) is 2.52. The summed E-state index contributed by atoms with van der Waals surface area (Å²) in [6.45, 7) is -0.400. The first kappa shape index (κ1) is 19.1. The lowest BCUT2D eigenvalue weighted by atomic mass is 10.1. The first-order valence-corrected chi connectivity index (χ1v) is 8.78. The third-order valence-corrected chi connectivity index (χ3v) is 4.23. The van der Waals surface area contributed by atoms with Crippen LogP contribution in [-0.4, -0.2) is 28.4 Å². The van der Waals surface area contributed by atoms with Gasteiger partial charge in [-0.1, -0.05) is 18.2 Å². The van der Waals surface area contributed by atoms with Crippen LogP contribution in [0.25, 0.3) is 10.9 Å². The highest BCUT2D eigenvalue weighted by Crippen LogP contribution is 2.19. The van der Waals surface area contributed by atoms with Crippen molar-refractivity contribution in [1.29, 1.82) is 0 Å². The summed E-state index contributed by atoms with van der Waals surface area (Å²) in [6, 6.07) is 13.4. The number of rotatable bonds is 8. The Balaban J connectivity index is 1.39. The number of esters is 1. The molecule has 0 aliphatic carbocycles. The number of H-pyrrole nitrogens is 1. The second kappa shape index (κ2) is 8.81. The molecule has 0 aliphatic rings. The number of carbonyl (C=O) groups is 2. The number of amides is 1. The molecule has 2 aromatic carbocycles. The van der Waals surface area contributed by atoms with E-state index in [1.807, 2.05) is 30.5 Å². The lowest BCUT2D eigenvalue weighted by molar-refractivity contribution is -0.384. The molecule has 1 heterocycles. The van der Waals surface area contributed by atoms with Gasteiger partial charge in [0.15, 0.2) is 6.61 Å². The second-order valence-corrected chi connectivity index (χ2v) is 6.23. The molecule has 0 spiro atoms. The SMILES string of the molecule is O=C(COC(=O)CCCc1c[nH]c2ccccc12)Nc1ccc([N+](=O)[O-])cc1. The Labute approximate surface area is 160 Å². The number of non-ortho nitro benzene ring substituents is 1. The molecule has 2 N–H and O–H groups in total. The number of aromatic amines is 1. The van der Waals surface area contributed by atoms with Crippen molar-refractivity contribution in [2.24, 2.45) is 0 Å². The summed E-state index contributed by atoms with van der Waals surface area (Å²) in [5.74, 6) is -0.947. The third-order valence-electron chi connectivity index (χ3n) is 4.23. The Hall–Kier alpha value is -3.68. The van der Waals surface area contributed by atoms with Crippen molar-refractivity contribution in [3.05, 3.63) is 70.4 Å². The van der Waals surface area contributed by atoms with Gasteiger partial charge in [0.2, 0.25) is 0 Å². The van der Waals surface area contributed by atoms with E-state index in [4.69, 9.17) is 4.74 Å². The Bertz CT molecular complexity index is 995. The molecule has 3 rings (SSSR count).